The van der Waals surface area contributed by atoms with Crippen LogP contribution in [-0.4, -0.2) is 41.2 Å². The molecular weight excluding hydrogens is 150 g/mol. The number of hydrogen-bond donors (Lipinski definition) is 3. The van der Waals surface area contributed by atoms with E-state index in [2.05, 4.69) is 5.32 Å². The molecule has 0 aromatic heterocycles. The van der Waals surface area contributed by atoms with Gasteiger partial charge in [0.25, 0.3) is 0 Å². The molecule has 1 fully saturated rings. The van der Waals surface area contributed by atoms with E-state index in [1.165, 1.54) is 0 Å². The maximum absolute atomic E-state index is 10.7. The zero-order valence-electron chi connectivity index (χ0n) is 5.78. The van der Waals surface area contributed by atoms with Crippen LogP contribution >= 0.6 is 0 Å². The van der Waals surface area contributed by atoms with Gasteiger partial charge >= 0.3 is 5.97 Å². The number of rotatable bonds is 1. The van der Waals surface area contributed by atoms with Gasteiger partial charge in [-0.15, -0.1) is 0 Å². The second-order valence-electron chi connectivity index (χ2n) is 2.49. The molecular formula is C6H9NO4. The largest absolute Gasteiger partial charge is 0.481 e. The molecule has 1 aliphatic heterocycles. The Morgan fingerprint density at radius 2 is 2.27 bits per heavy atom. The summed E-state index contributed by atoms with van der Waals surface area (Å²) in [5.74, 6) is -2.59. The molecule has 3 N–H and O–H groups in total. The molecule has 1 saturated heterocycles. The topological polar surface area (TPSA) is 86.6 Å². The van der Waals surface area contributed by atoms with Gasteiger partial charge in [-0.25, -0.2) is 0 Å². The van der Waals surface area contributed by atoms with Crippen LogP contribution in [0.2, 0.25) is 0 Å². The first-order valence-corrected chi connectivity index (χ1v) is 3.27. The molecule has 0 aromatic carbocycles. The minimum Gasteiger partial charge on any atom is -0.481 e. The van der Waals surface area contributed by atoms with Crippen molar-refractivity contribution in [3.63, 3.8) is 0 Å². The number of ketones is 1. The third-order valence-corrected chi connectivity index (χ3v) is 1.69. The summed E-state index contributed by atoms with van der Waals surface area (Å²) in [7, 11) is 0. The summed E-state index contributed by atoms with van der Waals surface area (Å²) in [6, 6.07) is 0. The van der Waals surface area contributed by atoms with Crippen LogP contribution in [0.5, 0.6) is 0 Å². The highest BCUT2D eigenvalue weighted by Crippen LogP contribution is 2.07. The average molecular weight is 159 g/mol. The number of nitrogens with one attached hydrogen (secondary N) is 1. The van der Waals surface area contributed by atoms with Crippen LogP contribution in [0.15, 0.2) is 0 Å². The number of Topliss-reactive ketones (excluding diaryl/α,β-unsaturated/α-hetero) is 1. The summed E-state index contributed by atoms with van der Waals surface area (Å²) >= 11 is 0. The number of aliphatic hydroxyl groups is 1. The Labute approximate surface area is 63.0 Å². The fraction of sp³-hybridized carbons (Fsp3) is 0.667. The normalized spacial score (nSPS) is 31.9. The zero-order valence-corrected chi connectivity index (χ0v) is 5.78. The van der Waals surface area contributed by atoms with Crippen LogP contribution in [0.25, 0.3) is 0 Å². The lowest BCUT2D eigenvalue weighted by Gasteiger charge is -2.23. The second-order valence-corrected chi connectivity index (χ2v) is 2.49. The lowest BCUT2D eigenvalue weighted by atomic mass is 9.95. The molecule has 1 heterocycles. The van der Waals surface area contributed by atoms with Crippen molar-refractivity contribution >= 4 is 11.8 Å². The number of carboxylic acids is 1. The Morgan fingerprint density at radius 1 is 1.64 bits per heavy atom. The molecule has 0 radical (unpaired) electrons. The first-order valence-electron chi connectivity index (χ1n) is 3.27. The van der Waals surface area contributed by atoms with E-state index in [0.29, 0.717) is 0 Å². The number of aliphatic hydroxyl groups excluding tert-OH is 1. The van der Waals surface area contributed by atoms with Gasteiger partial charge in [-0.1, -0.05) is 0 Å². The van der Waals surface area contributed by atoms with E-state index < -0.39 is 23.8 Å². The first-order chi connectivity index (χ1) is 5.13. The van der Waals surface area contributed by atoms with Gasteiger partial charge in [-0.05, 0) is 0 Å². The Balaban J connectivity index is 2.65. The predicted octanol–water partition coefficient (Wildman–Crippen LogP) is -1.78. The number of carbonyl (C=O) groups is 2. The molecule has 0 aliphatic carbocycles. The molecule has 11 heavy (non-hydrogen) atoms. The van der Waals surface area contributed by atoms with Crippen molar-refractivity contribution in [3.8, 4) is 0 Å². The van der Waals surface area contributed by atoms with Crippen LogP contribution in [0, 0.1) is 5.92 Å². The summed E-state index contributed by atoms with van der Waals surface area (Å²) in [5.41, 5.74) is 0. The Kier molecular flexibility index (Phi) is 2.21. The molecule has 0 aromatic rings. The highest BCUT2D eigenvalue weighted by Gasteiger charge is 2.34. The number of hydrogen-bond acceptors (Lipinski definition) is 4. The van der Waals surface area contributed by atoms with E-state index in [1.807, 2.05) is 0 Å². The van der Waals surface area contributed by atoms with Gasteiger partial charge in [-0.3, -0.25) is 9.59 Å². The van der Waals surface area contributed by atoms with Crippen molar-refractivity contribution in [2.45, 2.75) is 6.10 Å². The Morgan fingerprint density at radius 3 is 2.73 bits per heavy atom. The lowest BCUT2D eigenvalue weighted by Crippen LogP contribution is -2.50. The molecule has 1 aliphatic rings. The predicted molar refractivity (Wildman–Crippen MR) is 35.0 cm³/mol. The van der Waals surface area contributed by atoms with Crippen molar-refractivity contribution in [2.24, 2.45) is 5.92 Å². The first kappa shape index (κ1) is 8.16. The van der Waals surface area contributed by atoms with Crippen molar-refractivity contribution < 1.29 is 19.8 Å². The van der Waals surface area contributed by atoms with E-state index >= 15 is 0 Å². The average Bonchev–Trinajstić information content (AvgIpc) is 1.94. The van der Waals surface area contributed by atoms with Crippen molar-refractivity contribution in [2.75, 3.05) is 13.1 Å². The quantitative estimate of drug-likeness (QED) is 0.421. The fourth-order valence-corrected chi connectivity index (χ4v) is 1.01. The number of piperidine rings is 1. The van der Waals surface area contributed by atoms with Gasteiger partial charge in [0.05, 0.1) is 6.54 Å². The summed E-state index contributed by atoms with van der Waals surface area (Å²) in [6.45, 7) is 0.215. The third kappa shape index (κ3) is 1.55. The van der Waals surface area contributed by atoms with Gasteiger partial charge in [0.1, 0.15) is 12.0 Å². The molecule has 2 atom stereocenters. The fourth-order valence-electron chi connectivity index (χ4n) is 1.01. The molecule has 0 amide bonds. The third-order valence-electron chi connectivity index (χ3n) is 1.69. The number of aliphatic carboxylic acids is 1. The summed E-state index contributed by atoms with van der Waals surface area (Å²) in [4.78, 5) is 21.1. The lowest BCUT2D eigenvalue weighted by molar-refractivity contribution is -0.151. The van der Waals surface area contributed by atoms with Crippen LogP contribution in [0.4, 0.5) is 0 Å². The molecule has 0 bridgehead atoms. The van der Waals surface area contributed by atoms with Crippen LogP contribution in [0.1, 0.15) is 0 Å². The summed E-state index contributed by atoms with van der Waals surface area (Å²) < 4.78 is 0. The van der Waals surface area contributed by atoms with E-state index in [-0.39, 0.29) is 13.1 Å². The monoisotopic (exact) mass is 159 g/mol. The van der Waals surface area contributed by atoms with Gasteiger partial charge in [-0.2, -0.15) is 0 Å². The summed E-state index contributed by atoms with van der Waals surface area (Å²) in [6.07, 6.45) is -1.34. The van der Waals surface area contributed by atoms with Crippen LogP contribution in [0.3, 0.4) is 0 Å². The number of carboxylic acid groups (broad SMARTS) is 1. The summed E-state index contributed by atoms with van der Waals surface area (Å²) in [5, 5.41) is 20.1. The molecule has 5 heteroatoms. The maximum atomic E-state index is 10.7. The zero-order chi connectivity index (χ0) is 8.43. The molecule has 62 valence electrons. The van der Waals surface area contributed by atoms with Gasteiger partial charge in [0.2, 0.25) is 0 Å². The van der Waals surface area contributed by atoms with Gasteiger partial charge in [0, 0.05) is 6.54 Å². The second kappa shape index (κ2) is 2.98. The van der Waals surface area contributed by atoms with Crippen molar-refractivity contribution in [1.29, 1.82) is 0 Å². The van der Waals surface area contributed by atoms with Crippen molar-refractivity contribution in [1.82, 2.24) is 5.32 Å². The minimum absolute atomic E-state index is 0.0605. The molecule has 1 rings (SSSR count). The van der Waals surface area contributed by atoms with Crippen LogP contribution in [-0.2, 0) is 9.59 Å². The SMILES string of the molecule is O=C1CNC[C@H](C(=O)O)[C@@H]1O. The molecule has 5 nitrogen and oxygen atoms in total. The smallest absolute Gasteiger partial charge is 0.310 e. The number of carbonyl (C=O) groups excluding carboxylic acids is 1. The van der Waals surface area contributed by atoms with Gasteiger partial charge in [0.15, 0.2) is 5.78 Å². The standard InChI is InChI=1S/C6H9NO4/c8-4-2-7-1-3(5(4)9)6(10)11/h3,5,7,9H,1-2H2,(H,10,11)/t3-,5-/m0/s1. The molecule has 0 saturated carbocycles. The Hall–Kier alpha value is -0.940. The van der Waals surface area contributed by atoms with E-state index in [4.69, 9.17) is 10.2 Å². The highest BCUT2D eigenvalue weighted by atomic mass is 16.4. The van der Waals surface area contributed by atoms with E-state index in [1.54, 1.807) is 0 Å². The molecule has 0 unspecified atom stereocenters. The Bertz CT molecular complexity index is 191. The maximum Gasteiger partial charge on any atom is 0.310 e. The van der Waals surface area contributed by atoms with E-state index in [0.717, 1.165) is 0 Å². The van der Waals surface area contributed by atoms with E-state index in [9.17, 15) is 9.59 Å². The van der Waals surface area contributed by atoms with Gasteiger partial charge < -0.3 is 15.5 Å². The molecule has 0 spiro atoms. The highest BCUT2D eigenvalue weighted by molar-refractivity contribution is 5.90. The van der Waals surface area contributed by atoms with Crippen LogP contribution < -0.4 is 5.32 Å². The van der Waals surface area contributed by atoms with Crippen molar-refractivity contribution in [3.05, 3.63) is 0 Å². The minimum atomic E-state index is -1.34.